The summed E-state index contributed by atoms with van der Waals surface area (Å²) in [6.45, 7) is 1.83. The molecule has 0 fully saturated rings. The molecule has 2 N–H and O–H groups in total. The van der Waals surface area contributed by atoms with E-state index in [1.54, 1.807) is 12.1 Å². The third kappa shape index (κ3) is 3.59. The van der Waals surface area contributed by atoms with Crippen LogP contribution in [-0.2, 0) is 0 Å². The quantitative estimate of drug-likeness (QED) is 0.795. The van der Waals surface area contributed by atoms with Crippen LogP contribution in [0.15, 0.2) is 51.4 Å². The van der Waals surface area contributed by atoms with Crippen LogP contribution in [0.2, 0.25) is 0 Å². The molecule has 0 saturated heterocycles. The van der Waals surface area contributed by atoms with Crippen LogP contribution in [0.25, 0.3) is 0 Å². The molecule has 0 aliphatic carbocycles. The van der Waals surface area contributed by atoms with Crippen LogP contribution in [0.3, 0.4) is 0 Å². The number of nitrogens with two attached hydrogens (primary N) is 1. The molecule has 2 aromatic rings. The highest BCUT2D eigenvalue weighted by Crippen LogP contribution is 2.31. The minimum Gasteiger partial charge on any atom is -0.481 e. The molecule has 2 aromatic carbocycles. The second-order valence-corrected chi connectivity index (χ2v) is 6.26. The highest BCUT2D eigenvalue weighted by molar-refractivity contribution is 9.10. The van der Waals surface area contributed by atoms with Crippen molar-refractivity contribution in [1.82, 2.24) is 0 Å². The highest BCUT2D eigenvalue weighted by atomic mass is 79.9. The van der Waals surface area contributed by atoms with Gasteiger partial charge < -0.3 is 10.5 Å². The van der Waals surface area contributed by atoms with Crippen molar-refractivity contribution in [2.75, 3.05) is 0 Å². The summed E-state index contributed by atoms with van der Waals surface area (Å²) < 4.78 is 21.2. The summed E-state index contributed by atoms with van der Waals surface area (Å²) in [6.07, 6.45) is -0.429. The molecule has 0 radical (unpaired) electrons. The predicted molar refractivity (Wildman–Crippen MR) is 85.3 cm³/mol. The van der Waals surface area contributed by atoms with E-state index in [1.807, 2.05) is 31.2 Å². The van der Waals surface area contributed by atoms with Gasteiger partial charge in [0.05, 0.1) is 0 Å². The first kappa shape index (κ1) is 15.5. The van der Waals surface area contributed by atoms with Crippen molar-refractivity contribution in [1.29, 1.82) is 0 Å². The Balaban J connectivity index is 2.33. The number of benzene rings is 2. The number of hydrogen-bond donors (Lipinski definition) is 1. The van der Waals surface area contributed by atoms with Crippen LogP contribution in [0, 0.1) is 5.82 Å². The third-order valence-corrected chi connectivity index (χ3v) is 4.05. The molecule has 0 aromatic heterocycles. The minimum atomic E-state index is -0.429. The molecule has 0 spiro atoms. The second-order valence-electron chi connectivity index (χ2n) is 4.49. The Hall–Kier alpha value is -0.910. The zero-order valence-corrected chi connectivity index (χ0v) is 14.0. The summed E-state index contributed by atoms with van der Waals surface area (Å²) in [7, 11) is 0. The van der Waals surface area contributed by atoms with Gasteiger partial charge in [0.1, 0.15) is 6.10 Å². The van der Waals surface area contributed by atoms with Crippen molar-refractivity contribution in [3.05, 3.63) is 62.8 Å². The molecule has 0 bridgehead atoms. The average molecular weight is 403 g/mol. The molecular weight excluding hydrogens is 389 g/mol. The first-order chi connectivity index (χ1) is 9.49. The number of halogens is 3. The van der Waals surface area contributed by atoms with E-state index in [4.69, 9.17) is 10.5 Å². The van der Waals surface area contributed by atoms with Crippen LogP contribution >= 0.6 is 31.9 Å². The normalized spacial score (nSPS) is 13.8. The van der Waals surface area contributed by atoms with Crippen molar-refractivity contribution < 1.29 is 9.13 Å². The number of rotatable bonds is 4. The maximum absolute atomic E-state index is 13.9. The van der Waals surface area contributed by atoms with Gasteiger partial charge in [-0.25, -0.2) is 4.39 Å². The molecule has 5 heteroatoms. The summed E-state index contributed by atoms with van der Waals surface area (Å²) in [4.78, 5) is 0. The van der Waals surface area contributed by atoms with Gasteiger partial charge in [-0.1, -0.05) is 50.1 Å². The molecular formula is C15H14Br2FNO. The van der Waals surface area contributed by atoms with E-state index in [-0.39, 0.29) is 11.8 Å². The smallest absolute Gasteiger partial charge is 0.166 e. The monoisotopic (exact) mass is 401 g/mol. The van der Waals surface area contributed by atoms with Crippen LogP contribution in [0.5, 0.6) is 5.75 Å². The van der Waals surface area contributed by atoms with Crippen molar-refractivity contribution >= 4 is 31.9 Å². The Morgan fingerprint density at radius 1 is 1.15 bits per heavy atom. The van der Waals surface area contributed by atoms with E-state index in [1.165, 1.54) is 6.07 Å². The number of hydrogen-bond acceptors (Lipinski definition) is 2. The molecule has 2 atom stereocenters. The molecule has 0 heterocycles. The summed E-state index contributed by atoms with van der Waals surface area (Å²) >= 11 is 6.69. The van der Waals surface area contributed by atoms with Crippen molar-refractivity contribution in [2.24, 2.45) is 5.73 Å². The van der Waals surface area contributed by atoms with E-state index in [9.17, 15) is 4.39 Å². The first-order valence-corrected chi connectivity index (χ1v) is 7.69. The van der Waals surface area contributed by atoms with Gasteiger partial charge in [0, 0.05) is 20.6 Å². The van der Waals surface area contributed by atoms with Gasteiger partial charge in [0.2, 0.25) is 0 Å². The Morgan fingerprint density at radius 2 is 1.85 bits per heavy atom. The molecule has 2 nitrogen and oxygen atoms in total. The number of ether oxygens (including phenoxy) is 1. The fraction of sp³-hybridized carbons (Fsp3) is 0.200. The van der Waals surface area contributed by atoms with Crippen LogP contribution in [-0.4, -0.2) is 6.04 Å². The Labute approximate surface area is 134 Å². The molecule has 2 unspecified atom stereocenters. The lowest BCUT2D eigenvalue weighted by atomic mass is 10.0. The zero-order chi connectivity index (χ0) is 14.7. The van der Waals surface area contributed by atoms with Gasteiger partial charge in [-0.15, -0.1) is 0 Å². The zero-order valence-electron chi connectivity index (χ0n) is 10.8. The summed E-state index contributed by atoms with van der Waals surface area (Å²) in [6, 6.07) is 12.0. The van der Waals surface area contributed by atoms with E-state index in [0.29, 0.717) is 4.47 Å². The Bertz CT molecular complexity index is 604. The molecule has 2 rings (SSSR count). The Morgan fingerprint density at radius 3 is 2.45 bits per heavy atom. The summed E-state index contributed by atoms with van der Waals surface area (Å²) in [5.41, 5.74) is 6.88. The van der Waals surface area contributed by atoms with E-state index in [0.717, 1.165) is 10.0 Å². The highest BCUT2D eigenvalue weighted by Gasteiger charge is 2.21. The first-order valence-electron chi connectivity index (χ1n) is 6.10. The molecule has 106 valence electrons. The van der Waals surface area contributed by atoms with Crippen molar-refractivity contribution in [3.63, 3.8) is 0 Å². The van der Waals surface area contributed by atoms with Crippen molar-refractivity contribution in [2.45, 2.75) is 19.1 Å². The lowest BCUT2D eigenvalue weighted by Gasteiger charge is -2.24. The second kappa shape index (κ2) is 6.70. The fourth-order valence-electron chi connectivity index (χ4n) is 1.87. The fourth-order valence-corrected chi connectivity index (χ4v) is 2.71. The lowest BCUT2D eigenvalue weighted by molar-refractivity contribution is 0.172. The maximum atomic E-state index is 13.9. The van der Waals surface area contributed by atoms with Crippen molar-refractivity contribution in [3.8, 4) is 5.75 Å². The van der Waals surface area contributed by atoms with Gasteiger partial charge in [-0.05, 0) is 31.2 Å². The maximum Gasteiger partial charge on any atom is 0.166 e. The van der Waals surface area contributed by atoms with Gasteiger partial charge in [0.25, 0.3) is 0 Å². The summed E-state index contributed by atoms with van der Waals surface area (Å²) in [5, 5.41) is 0. The largest absolute Gasteiger partial charge is 0.481 e. The SMILES string of the molecule is CC(N)C(Oc1ccc(Br)cc1F)c1ccccc1Br. The molecule has 20 heavy (non-hydrogen) atoms. The van der Waals surface area contributed by atoms with E-state index >= 15 is 0 Å². The molecule has 0 saturated carbocycles. The van der Waals surface area contributed by atoms with Gasteiger partial charge in [-0.2, -0.15) is 0 Å². The third-order valence-electron chi connectivity index (χ3n) is 2.84. The van der Waals surface area contributed by atoms with Gasteiger partial charge >= 0.3 is 0 Å². The predicted octanol–water partition coefficient (Wildman–Crippen LogP) is 4.82. The standard InChI is InChI=1S/C15H14Br2FNO/c1-9(19)15(11-4-2-3-5-12(11)17)20-14-7-6-10(16)8-13(14)18/h2-9,15H,19H2,1H3. The van der Waals surface area contributed by atoms with Gasteiger partial charge in [-0.3, -0.25) is 0 Å². The minimum absolute atomic E-state index is 0.186. The topological polar surface area (TPSA) is 35.2 Å². The molecule has 0 aliphatic rings. The van der Waals surface area contributed by atoms with Crippen LogP contribution < -0.4 is 10.5 Å². The van der Waals surface area contributed by atoms with Gasteiger partial charge in [0.15, 0.2) is 11.6 Å². The average Bonchev–Trinajstić information content (AvgIpc) is 2.39. The molecule has 0 amide bonds. The van der Waals surface area contributed by atoms with E-state index in [2.05, 4.69) is 31.9 Å². The molecule has 0 aliphatic heterocycles. The van der Waals surface area contributed by atoms with E-state index < -0.39 is 11.9 Å². The van der Waals surface area contributed by atoms with Crippen LogP contribution in [0.4, 0.5) is 4.39 Å². The summed E-state index contributed by atoms with van der Waals surface area (Å²) in [5.74, 6) is -0.233. The Kier molecular flexibility index (Phi) is 5.18. The lowest BCUT2D eigenvalue weighted by Crippen LogP contribution is -2.29. The van der Waals surface area contributed by atoms with Crippen LogP contribution in [0.1, 0.15) is 18.6 Å².